The highest BCUT2D eigenvalue weighted by Crippen LogP contribution is 2.20. The molecule has 2 aromatic carbocycles. The normalized spacial score (nSPS) is 10.0. The summed E-state index contributed by atoms with van der Waals surface area (Å²) in [4.78, 5) is 29.0. The summed E-state index contributed by atoms with van der Waals surface area (Å²) in [6.45, 7) is 1.84. The molecule has 3 aromatic rings. The predicted molar refractivity (Wildman–Crippen MR) is 107 cm³/mol. The Bertz CT molecular complexity index is 1110. The first kappa shape index (κ1) is 19.1. The van der Waals surface area contributed by atoms with Gasteiger partial charge in [-0.1, -0.05) is 17.7 Å². The number of nitriles is 1. The van der Waals surface area contributed by atoms with Crippen LogP contribution in [0.2, 0.25) is 5.02 Å². The number of halogens is 1. The van der Waals surface area contributed by atoms with Crippen molar-refractivity contribution in [1.29, 1.82) is 5.26 Å². The van der Waals surface area contributed by atoms with Crippen LogP contribution in [0.25, 0.3) is 0 Å². The summed E-state index contributed by atoms with van der Waals surface area (Å²) in [7, 11) is 0. The molecule has 0 aliphatic rings. The molecule has 7 heteroatoms. The summed E-state index contributed by atoms with van der Waals surface area (Å²) in [5.74, 6) is -0.847. The third kappa shape index (κ3) is 4.53. The number of aryl methyl sites for hydroxylation is 1. The number of amides is 2. The van der Waals surface area contributed by atoms with Crippen molar-refractivity contribution in [3.05, 3.63) is 88.2 Å². The molecule has 1 aromatic heterocycles. The molecular weight excluding hydrogens is 376 g/mol. The average Bonchev–Trinajstić information content (AvgIpc) is 2.70. The van der Waals surface area contributed by atoms with Gasteiger partial charge < -0.3 is 10.6 Å². The number of carbonyl (C=O) groups is 2. The fourth-order valence-corrected chi connectivity index (χ4v) is 2.75. The zero-order chi connectivity index (χ0) is 20.1. The van der Waals surface area contributed by atoms with E-state index in [0.29, 0.717) is 27.5 Å². The second-order valence-electron chi connectivity index (χ2n) is 5.99. The van der Waals surface area contributed by atoms with Crippen LogP contribution < -0.4 is 10.6 Å². The van der Waals surface area contributed by atoms with E-state index in [0.717, 1.165) is 5.56 Å². The lowest BCUT2D eigenvalue weighted by Gasteiger charge is -2.10. The number of aromatic nitrogens is 1. The van der Waals surface area contributed by atoms with E-state index in [2.05, 4.69) is 15.6 Å². The van der Waals surface area contributed by atoms with Crippen LogP contribution in [0.3, 0.4) is 0 Å². The Morgan fingerprint density at radius 3 is 2.61 bits per heavy atom. The SMILES string of the molecule is Cc1cc(Cl)ccc1NC(=O)c1ccnc(C(=O)Nc2cccc(C#N)c2)c1. The first-order valence-electron chi connectivity index (χ1n) is 8.31. The summed E-state index contributed by atoms with van der Waals surface area (Å²) in [6, 6.07) is 16.6. The van der Waals surface area contributed by atoms with Crippen LogP contribution in [-0.2, 0) is 0 Å². The van der Waals surface area contributed by atoms with Gasteiger partial charge in [0, 0.05) is 28.2 Å². The van der Waals surface area contributed by atoms with Gasteiger partial charge in [0.05, 0.1) is 11.6 Å². The molecule has 2 amide bonds. The molecule has 0 aliphatic heterocycles. The van der Waals surface area contributed by atoms with Gasteiger partial charge in [-0.25, -0.2) is 0 Å². The summed E-state index contributed by atoms with van der Waals surface area (Å²) in [5, 5.41) is 15.0. The van der Waals surface area contributed by atoms with E-state index in [4.69, 9.17) is 16.9 Å². The molecule has 3 rings (SSSR count). The van der Waals surface area contributed by atoms with Gasteiger partial charge in [0.15, 0.2) is 0 Å². The van der Waals surface area contributed by atoms with E-state index in [1.807, 2.05) is 13.0 Å². The van der Waals surface area contributed by atoms with E-state index in [9.17, 15) is 9.59 Å². The fourth-order valence-electron chi connectivity index (χ4n) is 2.52. The maximum absolute atomic E-state index is 12.5. The Kier molecular flexibility index (Phi) is 5.68. The van der Waals surface area contributed by atoms with Crippen LogP contribution in [0.4, 0.5) is 11.4 Å². The molecule has 0 bridgehead atoms. The number of pyridine rings is 1. The number of hydrogen-bond acceptors (Lipinski definition) is 4. The number of hydrogen-bond donors (Lipinski definition) is 2. The molecule has 6 nitrogen and oxygen atoms in total. The topological polar surface area (TPSA) is 94.9 Å². The highest BCUT2D eigenvalue weighted by Gasteiger charge is 2.13. The van der Waals surface area contributed by atoms with Gasteiger partial charge in [-0.05, 0) is 61.0 Å². The number of carbonyl (C=O) groups excluding carboxylic acids is 2. The van der Waals surface area contributed by atoms with Gasteiger partial charge in [-0.15, -0.1) is 0 Å². The highest BCUT2D eigenvalue weighted by atomic mass is 35.5. The van der Waals surface area contributed by atoms with Gasteiger partial charge in [0.25, 0.3) is 11.8 Å². The molecule has 0 aliphatic carbocycles. The van der Waals surface area contributed by atoms with Gasteiger partial charge in [-0.2, -0.15) is 5.26 Å². The van der Waals surface area contributed by atoms with Gasteiger partial charge >= 0.3 is 0 Å². The molecule has 1 heterocycles. The van der Waals surface area contributed by atoms with E-state index >= 15 is 0 Å². The minimum Gasteiger partial charge on any atom is -0.322 e. The molecule has 2 N–H and O–H groups in total. The second kappa shape index (κ2) is 8.33. The molecule has 28 heavy (non-hydrogen) atoms. The standard InChI is InChI=1S/C21H15ClN4O2/c1-13-9-16(22)5-6-18(13)26-20(27)15-7-8-24-19(11-15)21(28)25-17-4-2-3-14(10-17)12-23/h2-11H,1H3,(H,25,28)(H,26,27). The van der Waals surface area contributed by atoms with Crippen molar-refractivity contribution in [1.82, 2.24) is 4.98 Å². The van der Waals surface area contributed by atoms with Gasteiger partial charge in [0.2, 0.25) is 0 Å². The van der Waals surface area contributed by atoms with Crippen molar-refractivity contribution < 1.29 is 9.59 Å². The van der Waals surface area contributed by atoms with Crippen LogP contribution in [-0.4, -0.2) is 16.8 Å². The van der Waals surface area contributed by atoms with Crippen molar-refractivity contribution in [3.8, 4) is 6.07 Å². The number of nitrogens with zero attached hydrogens (tertiary/aromatic N) is 2. The molecule has 0 saturated heterocycles. The first-order chi connectivity index (χ1) is 13.5. The number of benzene rings is 2. The third-order valence-electron chi connectivity index (χ3n) is 3.94. The Morgan fingerprint density at radius 2 is 1.86 bits per heavy atom. The number of anilines is 2. The second-order valence-corrected chi connectivity index (χ2v) is 6.43. The average molecular weight is 391 g/mol. The lowest BCUT2D eigenvalue weighted by molar-refractivity contribution is 0.102. The van der Waals surface area contributed by atoms with Gasteiger partial charge in [-0.3, -0.25) is 14.6 Å². The minimum atomic E-state index is -0.479. The van der Waals surface area contributed by atoms with Gasteiger partial charge in [0.1, 0.15) is 5.69 Å². The number of rotatable bonds is 4. The maximum Gasteiger partial charge on any atom is 0.274 e. The molecule has 0 saturated carbocycles. The fraction of sp³-hybridized carbons (Fsp3) is 0.0476. The largest absolute Gasteiger partial charge is 0.322 e. The summed E-state index contributed by atoms with van der Waals surface area (Å²) in [6.07, 6.45) is 1.39. The summed E-state index contributed by atoms with van der Waals surface area (Å²) < 4.78 is 0. The van der Waals surface area contributed by atoms with Crippen LogP contribution in [0.1, 0.15) is 32.0 Å². The van der Waals surface area contributed by atoms with Crippen LogP contribution >= 0.6 is 11.6 Å². The van der Waals surface area contributed by atoms with Crippen LogP contribution in [0, 0.1) is 18.3 Å². The highest BCUT2D eigenvalue weighted by molar-refractivity contribution is 6.30. The van der Waals surface area contributed by atoms with Crippen molar-refractivity contribution in [2.45, 2.75) is 6.92 Å². The molecule has 0 spiro atoms. The molecular formula is C21H15ClN4O2. The van der Waals surface area contributed by atoms with Crippen LogP contribution in [0.5, 0.6) is 0 Å². The minimum absolute atomic E-state index is 0.0860. The van der Waals surface area contributed by atoms with E-state index in [1.54, 1.807) is 42.5 Å². The smallest absolute Gasteiger partial charge is 0.274 e. The lowest BCUT2D eigenvalue weighted by atomic mass is 10.1. The quantitative estimate of drug-likeness (QED) is 0.689. The molecule has 0 fully saturated rings. The first-order valence-corrected chi connectivity index (χ1v) is 8.69. The molecule has 0 radical (unpaired) electrons. The molecule has 0 atom stereocenters. The Hall–Kier alpha value is -3.69. The Morgan fingerprint density at radius 1 is 1.04 bits per heavy atom. The van der Waals surface area contributed by atoms with Crippen molar-refractivity contribution in [3.63, 3.8) is 0 Å². The van der Waals surface area contributed by atoms with Crippen molar-refractivity contribution >= 4 is 34.8 Å². The van der Waals surface area contributed by atoms with Crippen molar-refractivity contribution in [2.75, 3.05) is 10.6 Å². The monoisotopic (exact) mass is 390 g/mol. The third-order valence-corrected chi connectivity index (χ3v) is 4.18. The van der Waals surface area contributed by atoms with Crippen LogP contribution in [0.15, 0.2) is 60.8 Å². The van der Waals surface area contributed by atoms with E-state index < -0.39 is 5.91 Å². The summed E-state index contributed by atoms with van der Waals surface area (Å²) in [5.41, 5.74) is 2.73. The zero-order valence-corrected chi connectivity index (χ0v) is 15.6. The Balaban J connectivity index is 1.76. The zero-order valence-electron chi connectivity index (χ0n) is 14.9. The summed E-state index contributed by atoms with van der Waals surface area (Å²) >= 11 is 5.93. The Labute approximate surface area is 166 Å². The van der Waals surface area contributed by atoms with E-state index in [-0.39, 0.29) is 11.6 Å². The molecule has 138 valence electrons. The number of nitrogens with one attached hydrogen (secondary N) is 2. The van der Waals surface area contributed by atoms with E-state index in [1.165, 1.54) is 18.3 Å². The lowest BCUT2D eigenvalue weighted by Crippen LogP contribution is -2.17. The molecule has 0 unspecified atom stereocenters. The maximum atomic E-state index is 12.5. The predicted octanol–water partition coefficient (Wildman–Crippen LogP) is 4.42. The van der Waals surface area contributed by atoms with Crippen molar-refractivity contribution in [2.24, 2.45) is 0 Å².